The predicted molar refractivity (Wildman–Crippen MR) is 72.0 cm³/mol. The zero-order valence-electron chi connectivity index (χ0n) is 11.6. The Balaban J connectivity index is 2.07. The fraction of sp³-hybridized carbons (Fsp3) is 0.417. The summed E-state index contributed by atoms with van der Waals surface area (Å²) < 4.78 is 40.0. The molecule has 2 heterocycles. The third-order valence-corrected chi connectivity index (χ3v) is 2.82. The minimum absolute atomic E-state index is 0.0793. The van der Waals surface area contributed by atoms with Crippen molar-refractivity contribution in [1.29, 1.82) is 0 Å². The van der Waals surface area contributed by atoms with E-state index in [1.54, 1.807) is 12.4 Å². The number of nitrogens with one attached hydrogen (secondary N) is 2. The number of nitrogens with zero attached hydrogens (tertiary/aromatic N) is 4. The molecule has 2 aromatic heterocycles. The summed E-state index contributed by atoms with van der Waals surface area (Å²) in [6.07, 6.45) is -0.462. The highest BCUT2D eigenvalue weighted by molar-refractivity contribution is 5.42. The van der Waals surface area contributed by atoms with E-state index in [1.165, 1.54) is 7.05 Å². The third kappa shape index (κ3) is 3.83. The molecule has 21 heavy (non-hydrogen) atoms. The van der Waals surface area contributed by atoms with Crippen LogP contribution in [0.1, 0.15) is 11.5 Å². The zero-order valence-corrected chi connectivity index (χ0v) is 11.6. The molecule has 0 unspecified atom stereocenters. The van der Waals surface area contributed by atoms with Gasteiger partial charge in [-0.3, -0.25) is 0 Å². The highest BCUT2D eigenvalue weighted by atomic mass is 19.4. The third-order valence-electron chi connectivity index (χ3n) is 2.82. The molecule has 0 aliphatic carbocycles. The van der Waals surface area contributed by atoms with E-state index < -0.39 is 11.9 Å². The zero-order chi connectivity index (χ0) is 15.5. The predicted octanol–water partition coefficient (Wildman–Crippen LogP) is 1.93. The normalized spacial score (nSPS) is 11.5. The van der Waals surface area contributed by atoms with Crippen molar-refractivity contribution < 1.29 is 13.2 Å². The number of aryl methyl sites for hydroxylation is 1. The lowest BCUT2D eigenvalue weighted by atomic mass is 10.3. The highest BCUT2D eigenvalue weighted by Crippen LogP contribution is 2.29. The Labute approximate surface area is 119 Å². The lowest BCUT2D eigenvalue weighted by Gasteiger charge is -2.11. The first-order valence-electron chi connectivity index (χ1n) is 6.24. The summed E-state index contributed by atoms with van der Waals surface area (Å²) in [6.45, 7) is 0.419. The topological polar surface area (TPSA) is 67.7 Å². The van der Waals surface area contributed by atoms with Gasteiger partial charge in [-0.25, -0.2) is 9.97 Å². The number of imidazole rings is 1. The number of rotatable bonds is 5. The minimum Gasteiger partial charge on any atom is -0.369 e. The molecule has 6 nitrogen and oxygen atoms in total. The summed E-state index contributed by atoms with van der Waals surface area (Å²) >= 11 is 0. The van der Waals surface area contributed by atoms with Crippen LogP contribution >= 0.6 is 0 Å². The van der Waals surface area contributed by atoms with Gasteiger partial charge in [-0.1, -0.05) is 0 Å². The van der Waals surface area contributed by atoms with E-state index >= 15 is 0 Å². The molecule has 0 radical (unpaired) electrons. The van der Waals surface area contributed by atoms with E-state index in [0.29, 0.717) is 13.0 Å². The number of hydrogen-bond acceptors (Lipinski definition) is 5. The first-order chi connectivity index (χ1) is 9.90. The maximum Gasteiger partial charge on any atom is 0.433 e. The molecular weight excluding hydrogens is 285 g/mol. The number of hydrogen-bond donors (Lipinski definition) is 2. The van der Waals surface area contributed by atoms with Crippen molar-refractivity contribution in [2.45, 2.75) is 12.6 Å². The molecule has 2 aromatic rings. The fourth-order valence-electron chi connectivity index (χ4n) is 1.73. The molecule has 0 bridgehead atoms. The van der Waals surface area contributed by atoms with Crippen LogP contribution in [0, 0.1) is 0 Å². The van der Waals surface area contributed by atoms with E-state index in [2.05, 4.69) is 25.6 Å². The molecule has 0 aliphatic rings. The quantitative estimate of drug-likeness (QED) is 0.883. The van der Waals surface area contributed by atoms with E-state index in [1.807, 2.05) is 11.6 Å². The van der Waals surface area contributed by atoms with Crippen molar-refractivity contribution >= 4 is 11.8 Å². The standard InChI is InChI=1S/C12H15F3N6/c1-16-11-19-8(12(13,14)15)7-9(20-11)17-4-3-10-18-5-6-21(10)2/h5-7H,3-4H2,1-2H3,(H2,16,17,19,20). The smallest absolute Gasteiger partial charge is 0.369 e. The Bertz CT molecular complexity index is 607. The number of anilines is 2. The second-order valence-electron chi connectivity index (χ2n) is 4.34. The number of alkyl halides is 3. The van der Waals surface area contributed by atoms with Gasteiger partial charge in [0.2, 0.25) is 5.95 Å². The Morgan fingerprint density at radius 2 is 2.05 bits per heavy atom. The maximum atomic E-state index is 12.7. The van der Waals surface area contributed by atoms with E-state index in [4.69, 9.17) is 0 Å². The Hall–Kier alpha value is -2.32. The van der Waals surface area contributed by atoms with Crippen LogP contribution in [0.15, 0.2) is 18.5 Å². The lowest BCUT2D eigenvalue weighted by Crippen LogP contribution is -2.14. The SMILES string of the molecule is CNc1nc(NCCc2nccn2C)cc(C(F)(F)F)n1. The molecule has 9 heteroatoms. The van der Waals surface area contributed by atoms with Gasteiger partial charge in [-0.05, 0) is 0 Å². The molecule has 0 aromatic carbocycles. The van der Waals surface area contributed by atoms with Crippen molar-refractivity contribution in [2.24, 2.45) is 7.05 Å². The molecule has 0 aliphatic heterocycles. The second kappa shape index (κ2) is 5.98. The molecule has 2 N–H and O–H groups in total. The van der Waals surface area contributed by atoms with Gasteiger partial charge in [-0.2, -0.15) is 18.2 Å². The molecule has 0 amide bonds. The summed E-state index contributed by atoms with van der Waals surface area (Å²) in [5.74, 6) is 0.877. The highest BCUT2D eigenvalue weighted by Gasteiger charge is 2.33. The molecule has 0 fully saturated rings. The van der Waals surface area contributed by atoms with E-state index in [0.717, 1.165) is 11.9 Å². The van der Waals surface area contributed by atoms with Crippen molar-refractivity contribution in [3.63, 3.8) is 0 Å². The van der Waals surface area contributed by atoms with Crippen LogP contribution in [0.3, 0.4) is 0 Å². The van der Waals surface area contributed by atoms with Crippen molar-refractivity contribution in [1.82, 2.24) is 19.5 Å². The van der Waals surface area contributed by atoms with Crippen LogP contribution in [0.2, 0.25) is 0 Å². The molecule has 0 atom stereocenters. The van der Waals surface area contributed by atoms with Gasteiger partial charge >= 0.3 is 6.18 Å². The fourth-order valence-corrected chi connectivity index (χ4v) is 1.73. The summed E-state index contributed by atoms with van der Waals surface area (Å²) in [5.41, 5.74) is -0.985. The van der Waals surface area contributed by atoms with Crippen LogP contribution in [0.4, 0.5) is 24.9 Å². The van der Waals surface area contributed by atoms with Crippen LogP contribution in [-0.2, 0) is 19.6 Å². The average molecular weight is 300 g/mol. The van der Waals surface area contributed by atoms with Gasteiger partial charge in [0, 0.05) is 45.5 Å². The van der Waals surface area contributed by atoms with Crippen LogP contribution < -0.4 is 10.6 Å². The molecule has 0 saturated carbocycles. The lowest BCUT2D eigenvalue weighted by molar-refractivity contribution is -0.141. The van der Waals surface area contributed by atoms with Gasteiger partial charge in [-0.15, -0.1) is 0 Å². The van der Waals surface area contributed by atoms with Gasteiger partial charge in [0.15, 0.2) is 5.69 Å². The van der Waals surface area contributed by atoms with Crippen LogP contribution in [0.5, 0.6) is 0 Å². The monoisotopic (exact) mass is 300 g/mol. The van der Waals surface area contributed by atoms with Gasteiger partial charge in [0.1, 0.15) is 11.6 Å². The van der Waals surface area contributed by atoms with E-state index in [-0.39, 0.29) is 11.8 Å². The summed E-state index contributed by atoms with van der Waals surface area (Å²) in [6, 6.07) is 0.888. The van der Waals surface area contributed by atoms with Crippen LogP contribution in [-0.4, -0.2) is 33.1 Å². The summed E-state index contributed by atoms with van der Waals surface area (Å²) in [4.78, 5) is 11.5. The largest absolute Gasteiger partial charge is 0.433 e. The number of aromatic nitrogens is 4. The van der Waals surface area contributed by atoms with E-state index in [9.17, 15) is 13.2 Å². The summed E-state index contributed by atoms with van der Waals surface area (Å²) in [7, 11) is 3.32. The first-order valence-corrected chi connectivity index (χ1v) is 6.24. The molecule has 114 valence electrons. The Kier molecular flexibility index (Phi) is 4.29. The molecule has 0 saturated heterocycles. The van der Waals surface area contributed by atoms with Crippen LogP contribution in [0.25, 0.3) is 0 Å². The Morgan fingerprint density at radius 1 is 1.29 bits per heavy atom. The average Bonchev–Trinajstić information content (AvgIpc) is 2.83. The molecular formula is C12H15F3N6. The Morgan fingerprint density at radius 3 is 2.62 bits per heavy atom. The van der Waals surface area contributed by atoms with Crippen molar-refractivity contribution in [3.8, 4) is 0 Å². The van der Waals surface area contributed by atoms with Crippen molar-refractivity contribution in [3.05, 3.63) is 30.0 Å². The number of halogens is 3. The first kappa shape index (κ1) is 15.1. The molecule has 0 spiro atoms. The molecule has 2 rings (SSSR count). The summed E-state index contributed by atoms with van der Waals surface area (Å²) in [5, 5.41) is 5.37. The minimum atomic E-state index is -4.51. The second-order valence-corrected chi connectivity index (χ2v) is 4.34. The van der Waals surface area contributed by atoms with Gasteiger partial charge in [0.25, 0.3) is 0 Å². The maximum absolute atomic E-state index is 12.7. The van der Waals surface area contributed by atoms with Gasteiger partial charge in [0.05, 0.1) is 0 Å². The van der Waals surface area contributed by atoms with Gasteiger partial charge < -0.3 is 15.2 Å². The van der Waals surface area contributed by atoms with Crippen molar-refractivity contribution in [2.75, 3.05) is 24.2 Å².